The van der Waals surface area contributed by atoms with E-state index in [1.54, 1.807) is 0 Å². The number of thiophene rings is 2. The lowest BCUT2D eigenvalue weighted by atomic mass is 10.0. The molecule has 0 saturated carbocycles. The number of nitrogens with zero attached hydrogens (tertiary/aromatic N) is 4. The van der Waals surface area contributed by atoms with Gasteiger partial charge in [-0.15, -0.1) is 22.7 Å². The van der Waals surface area contributed by atoms with Crippen LogP contribution in [0.2, 0.25) is 0 Å². The molecule has 0 amide bonds. The van der Waals surface area contributed by atoms with E-state index in [0.29, 0.717) is 17.5 Å². The molecule has 13 rings (SSSR count). The highest BCUT2D eigenvalue weighted by molar-refractivity contribution is 7.26. The minimum Gasteiger partial charge on any atom is -0.309 e. The van der Waals surface area contributed by atoms with Crippen LogP contribution in [0.25, 0.3) is 124 Å². The zero-order valence-electron chi connectivity index (χ0n) is 32.6. The minimum absolute atomic E-state index is 0.639. The number of aromatic nitrogens is 4. The van der Waals surface area contributed by atoms with Crippen molar-refractivity contribution in [3.05, 3.63) is 194 Å². The van der Waals surface area contributed by atoms with Crippen LogP contribution >= 0.6 is 22.7 Å². The maximum absolute atomic E-state index is 5.35. The second kappa shape index (κ2) is 13.5. The topological polar surface area (TPSA) is 43.6 Å². The Morgan fingerprint density at radius 1 is 0.328 bits per heavy atom. The molecule has 61 heavy (non-hydrogen) atoms. The summed E-state index contributed by atoms with van der Waals surface area (Å²) in [4.78, 5) is 15.9. The molecular weight excluding hydrogens is 781 g/mol. The van der Waals surface area contributed by atoms with Crippen LogP contribution in [-0.4, -0.2) is 19.5 Å². The van der Waals surface area contributed by atoms with E-state index in [1.165, 1.54) is 56.8 Å². The number of rotatable bonds is 5. The molecule has 0 saturated heterocycles. The number of para-hydroxylation sites is 1. The van der Waals surface area contributed by atoms with Crippen molar-refractivity contribution in [3.63, 3.8) is 0 Å². The van der Waals surface area contributed by atoms with E-state index in [1.807, 2.05) is 28.7 Å². The summed E-state index contributed by atoms with van der Waals surface area (Å²) in [6.45, 7) is 0. The zero-order valence-corrected chi connectivity index (χ0v) is 34.2. The smallest absolute Gasteiger partial charge is 0.164 e. The van der Waals surface area contributed by atoms with Gasteiger partial charge in [0.25, 0.3) is 0 Å². The third-order valence-electron chi connectivity index (χ3n) is 12.0. The molecule has 13 aromatic rings. The highest BCUT2D eigenvalue weighted by atomic mass is 32.1. The van der Waals surface area contributed by atoms with Crippen molar-refractivity contribution in [1.29, 1.82) is 0 Å². The van der Waals surface area contributed by atoms with Crippen molar-refractivity contribution in [2.45, 2.75) is 0 Å². The molecule has 0 spiro atoms. The lowest BCUT2D eigenvalue weighted by Gasteiger charge is -2.12. The fraction of sp³-hybridized carbons (Fsp3) is 0. The molecule has 9 aromatic carbocycles. The average molecular weight is 813 g/mol. The van der Waals surface area contributed by atoms with Crippen LogP contribution in [0.4, 0.5) is 0 Å². The Morgan fingerprint density at radius 3 is 1.89 bits per heavy atom. The maximum atomic E-state index is 5.35. The van der Waals surface area contributed by atoms with Gasteiger partial charge in [-0.25, -0.2) is 15.0 Å². The van der Waals surface area contributed by atoms with Gasteiger partial charge in [-0.1, -0.05) is 140 Å². The molecule has 4 nitrogen and oxygen atoms in total. The Bertz CT molecular complexity index is 3890. The fourth-order valence-corrected chi connectivity index (χ4v) is 11.5. The Kier molecular flexibility index (Phi) is 7.61. The largest absolute Gasteiger partial charge is 0.309 e. The molecule has 0 atom stereocenters. The first-order valence-corrected chi connectivity index (χ1v) is 22.1. The SMILES string of the molecule is c1ccc(-c2cccc(-c3nc(-c4cccc5ccccc45)nc(-c4cccc5sc6ccc(-n7c8ccccc8c8cc9sc%10ccccc%10c9cc87)cc6c45)n3)c2)cc1. The molecule has 284 valence electrons. The Morgan fingerprint density at radius 2 is 0.967 bits per heavy atom. The van der Waals surface area contributed by atoms with Gasteiger partial charge in [0, 0.05) is 73.5 Å². The fourth-order valence-electron chi connectivity index (χ4n) is 9.24. The van der Waals surface area contributed by atoms with Crippen LogP contribution in [0, 0.1) is 0 Å². The van der Waals surface area contributed by atoms with Crippen LogP contribution in [0.5, 0.6) is 0 Å². The van der Waals surface area contributed by atoms with E-state index in [9.17, 15) is 0 Å². The van der Waals surface area contributed by atoms with Gasteiger partial charge in [0.05, 0.1) is 11.0 Å². The van der Waals surface area contributed by atoms with Gasteiger partial charge < -0.3 is 4.57 Å². The second-order valence-electron chi connectivity index (χ2n) is 15.6. The predicted octanol–water partition coefficient (Wildman–Crippen LogP) is 15.5. The van der Waals surface area contributed by atoms with Gasteiger partial charge >= 0.3 is 0 Å². The third kappa shape index (κ3) is 5.46. The van der Waals surface area contributed by atoms with E-state index in [-0.39, 0.29) is 0 Å². The van der Waals surface area contributed by atoms with E-state index in [0.717, 1.165) is 49.7 Å². The third-order valence-corrected chi connectivity index (χ3v) is 14.3. The van der Waals surface area contributed by atoms with Gasteiger partial charge in [-0.05, 0) is 76.5 Å². The number of benzene rings is 9. The van der Waals surface area contributed by atoms with Crippen LogP contribution in [0.15, 0.2) is 194 Å². The van der Waals surface area contributed by atoms with Crippen molar-refractivity contribution in [2.75, 3.05) is 0 Å². The number of hydrogen-bond acceptors (Lipinski definition) is 5. The van der Waals surface area contributed by atoms with Gasteiger partial charge in [0.2, 0.25) is 0 Å². The summed E-state index contributed by atoms with van der Waals surface area (Å²) < 4.78 is 7.48. The van der Waals surface area contributed by atoms with Gasteiger partial charge in [-0.3, -0.25) is 0 Å². The highest BCUT2D eigenvalue weighted by Crippen LogP contribution is 2.44. The minimum atomic E-state index is 0.639. The molecule has 0 aliphatic heterocycles. The number of hydrogen-bond donors (Lipinski definition) is 0. The molecule has 0 aliphatic rings. The lowest BCUT2D eigenvalue weighted by Crippen LogP contribution is -2.01. The van der Waals surface area contributed by atoms with Crippen molar-refractivity contribution in [1.82, 2.24) is 19.5 Å². The summed E-state index contributed by atoms with van der Waals surface area (Å²) in [6, 6.07) is 69.6. The van der Waals surface area contributed by atoms with Crippen LogP contribution < -0.4 is 0 Å². The zero-order chi connectivity index (χ0) is 40.0. The molecule has 0 unspecified atom stereocenters. The first kappa shape index (κ1) is 34.4. The Labute approximate surface area is 358 Å². The number of fused-ring (bicyclic) bond motifs is 10. The first-order chi connectivity index (χ1) is 30.2. The van der Waals surface area contributed by atoms with Crippen LogP contribution in [-0.2, 0) is 0 Å². The molecule has 4 aromatic heterocycles. The molecule has 0 radical (unpaired) electrons. The van der Waals surface area contributed by atoms with E-state index in [2.05, 4.69) is 193 Å². The molecule has 6 heteroatoms. The van der Waals surface area contributed by atoms with Crippen molar-refractivity contribution in [2.24, 2.45) is 0 Å². The monoisotopic (exact) mass is 812 g/mol. The summed E-state index contributed by atoms with van der Waals surface area (Å²) >= 11 is 3.68. The average Bonchev–Trinajstić information content (AvgIpc) is 3.99. The van der Waals surface area contributed by atoms with Gasteiger partial charge in [-0.2, -0.15) is 0 Å². The van der Waals surface area contributed by atoms with Gasteiger partial charge in [0.1, 0.15) is 0 Å². The summed E-state index contributed by atoms with van der Waals surface area (Å²) in [5.74, 6) is 1.94. The van der Waals surface area contributed by atoms with Gasteiger partial charge in [0.15, 0.2) is 17.5 Å². The Balaban J connectivity index is 1.05. The quantitative estimate of drug-likeness (QED) is 0.174. The predicted molar refractivity (Wildman–Crippen MR) is 259 cm³/mol. The van der Waals surface area contributed by atoms with Crippen molar-refractivity contribution in [3.8, 4) is 51.0 Å². The normalized spacial score (nSPS) is 11.9. The first-order valence-electron chi connectivity index (χ1n) is 20.4. The molecule has 0 bridgehead atoms. The summed E-state index contributed by atoms with van der Waals surface area (Å²) in [5.41, 5.74) is 8.68. The summed E-state index contributed by atoms with van der Waals surface area (Å²) in [5, 5.41) is 9.69. The van der Waals surface area contributed by atoms with Crippen LogP contribution in [0.3, 0.4) is 0 Å². The van der Waals surface area contributed by atoms with Crippen LogP contribution in [0.1, 0.15) is 0 Å². The maximum Gasteiger partial charge on any atom is 0.164 e. The Hall–Kier alpha value is -7.51. The highest BCUT2D eigenvalue weighted by Gasteiger charge is 2.20. The van der Waals surface area contributed by atoms with Crippen molar-refractivity contribution < 1.29 is 0 Å². The second-order valence-corrected chi connectivity index (χ2v) is 17.7. The van der Waals surface area contributed by atoms with E-state index < -0.39 is 0 Å². The molecule has 0 aliphatic carbocycles. The van der Waals surface area contributed by atoms with Crippen molar-refractivity contribution >= 4 is 95.6 Å². The molecule has 0 fully saturated rings. The molecular formula is C55H32N4S2. The summed E-state index contributed by atoms with van der Waals surface area (Å²) in [7, 11) is 0. The molecule has 4 heterocycles. The summed E-state index contributed by atoms with van der Waals surface area (Å²) in [6.07, 6.45) is 0. The van der Waals surface area contributed by atoms with E-state index in [4.69, 9.17) is 15.0 Å². The standard InChI is InChI=1S/C55H32N4S2/c1-2-13-33(14-3-1)35-17-10-18-36(29-35)53-56-54(41-22-11-16-34-15-4-5-19-38(34)41)58-55(57-53)42-23-12-26-50-52(42)45-30-37(27-28-49(45)60-50)59-46-24-8-6-20-39(46)43-32-51-44(31-47(43)59)40-21-7-9-25-48(40)61-51/h1-32H. The molecule has 0 N–H and O–H groups in total. The van der Waals surface area contributed by atoms with E-state index >= 15 is 0 Å². The lowest BCUT2D eigenvalue weighted by molar-refractivity contribution is 1.08.